The highest BCUT2D eigenvalue weighted by atomic mass is 16.3. The van der Waals surface area contributed by atoms with Gasteiger partial charge in [0.1, 0.15) is 0 Å². The Kier molecular flexibility index (Phi) is 5.03. The van der Waals surface area contributed by atoms with Gasteiger partial charge >= 0.3 is 0 Å². The Labute approximate surface area is 93.6 Å². The molecule has 4 atom stereocenters. The lowest BCUT2D eigenvalue weighted by Gasteiger charge is -2.39. The number of aliphatic hydroxyl groups is 1. The molecule has 15 heavy (non-hydrogen) atoms. The molecule has 1 rings (SSSR count). The second-order valence-electron chi connectivity index (χ2n) is 5.37. The predicted molar refractivity (Wildman–Crippen MR) is 63.6 cm³/mol. The maximum atomic E-state index is 8.87. The van der Waals surface area contributed by atoms with E-state index in [-0.39, 0.29) is 6.61 Å². The van der Waals surface area contributed by atoms with Crippen LogP contribution in [-0.2, 0) is 0 Å². The van der Waals surface area contributed by atoms with Crippen molar-refractivity contribution < 1.29 is 5.11 Å². The molecule has 0 saturated heterocycles. The highest BCUT2D eigenvalue weighted by molar-refractivity contribution is 4.86. The van der Waals surface area contributed by atoms with Gasteiger partial charge in [-0.2, -0.15) is 0 Å². The molecule has 0 bridgehead atoms. The van der Waals surface area contributed by atoms with Gasteiger partial charge in [-0.15, -0.1) is 0 Å². The van der Waals surface area contributed by atoms with Crippen LogP contribution in [0.3, 0.4) is 0 Å². The lowest BCUT2D eigenvalue weighted by Crippen LogP contribution is -2.46. The SMILES string of the molecule is CC1CC(C)C(CN(C)CCO)C(N)C1. The maximum Gasteiger partial charge on any atom is 0.0558 e. The predicted octanol–water partition coefficient (Wildman–Crippen LogP) is 0.920. The van der Waals surface area contributed by atoms with Crippen molar-refractivity contribution in [3.63, 3.8) is 0 Å². The van der Waals surface area contributed by atoms with E-state index in [9.17, 15) is 0 Å². The van der Waals surface area contributed by atoms with Crippen LogP contribution in [0, 0.1) is 17.8 Å². The summed E-state index contributed by atoms with van der Waals surface area (Å²) in [5, 5.41) is 8.87. The Morgan fingerprint density at radius 1 is 1.33 bits per heavy atom. The maximum absolute atomic E-state index is 8.87. The first kappa shape index (κ1) is 12.9. The van der Waals surface area contributed by atoms with Gasteiger partial charge in [0.15, 0.2) is 0 Å². The summed E-state index contributed by atoms with van der Waals surface area (Å²) in [6.07, 6.45) is 2.45. The van der Waals surface area contributed by atoms with Gasteiger partial charge in [0.2, 0.25) is 0 Å². The standard InChI is InChI=1S/C12H26N2O/c1-9-6-10(2)11(12(13)7-9)8-14(3)4-5-15/h9-12,15H,4-8,13H2,1-3H3. The fourth-order valence-electron chi connectivity index (χ4n) is 2.90. The number of aliphatic hydroxyl groups excluding tert-OH is 1. The first-order valence-electron chi connectivity index (χ1n) is 6.09. The fraction of sp³-hybridized carbons (Fsp3) is 1.00. The molecule has 3 heteroatoms. The fourth-order valence-corrected chi connectivity index (χ4v) is 2.90. The van der Waals surface area contributed by atoms with Crippen molar-refractivity contribution in [2.75, 3.05) is 26.7 Å². The van der Waals surface area contributed by atoms with Crippen LogP contribution < -0.4 is 5.73 Å². The molecule has 0 radical (unpaired) electrons. The Bertz CT molecular complexity index is 174. The van der Waals surface area contributed by atoms with E-state index in [2.05, 4.69) is 25.8 Å². The van der Waals surface area contributed by atoms with Gasteiger partial charge in [0.25, 0.3) is 0 Å². The first-order chi connectivity index (χ1) is 7.04. The highest BCUT2D eigenvalue weighted by Gasteiger charge is 2.32. The minimum Gasteiger partial charge on any atom is -0.395 e. The van der Waals surface area contributed by atoms with Crippen molar-refractivity contribution in [3.8, 4) is 0 Å². The van der Waals surface area contributed by atoms with Gasteiger partial charge in [0, 0.05) is 19.1 Å². The molecular weight excluding hydrogens is 188 g/mol. The van der Waals surface area contributed by atoms with Crippen LogP contribution in [0.4, 0.5) is 0 Å². The number of likely N-dealkylation sites (N-methyl/N-ethyl adjacent to an activating group) is 1. The van der Waals surface area contributed by atoms with E-state index in [0.717, 1.165) is 25.4 Å². The third-order valence-electron chi connectivity index (χ3n) is 3.73. The zero-order valence-corrected chi connectivity index (χ0v) is 10.3. The third-order valence-corrected chi connectivity index (χ3v) is 3.73. The average molecular weight is 214 g/mol. The van der Waals surface area contributed by atoms with Crippen molar-refractivity contribution in [2.24, 2.45) is 23.5 Å². The molecule has 1 aliphatic rings. The summed E-state index contributed by atoms with van der Waals surface area (Å²) in [7, 11) is 2.06. The molecule has 1 aliphatic carbocycles. The van der Waals surface area contributed by atoms with E-state index in [1.807, 2.05) is 0 Å². The number of hydrogen-bond acceptors (Lipinski definition) is 3. The van der Waals surface area contributed by atoms with Crippen molar-refractivity contribution >= 4 is 0 Å². The molecule has 1 saturated carbocycles. The minimum absolute atomic E-state index is 0.239. The van der Waals surface area contributed by atoms with E-state index in [4.69, 9.17) is 10.8 Å². The van der Waals surface area contributed by atoms with Gasteiger partial charge in [-0.1, -0.05) is 13.8 Å². The van der Waals surface area contributed by atoms with E-state index in [1.165, 1.54) is 6.42 Å². The molecule has 0 heterocycles. The first-order valence-corrected chi connectivity index (χ1v) is 6.09. The van der Waals surface area contributed by atoms with Crippen molar-refractivity contribution in [1.82, 2.24) is 4.90 Å². The molecule has 0 aliphatic heterocycles. The number of nitrogens with two attached hydrogens (primary N) is 1. The number of nitrogens with zero attached hydrogens (tertiary/aromatic N) is 1. The normalized spacial score (nSPS) is 37.2. The summed E-state index contributed by atoms with van der Waals surface area (Å²) in [5.74, 6) is 2.08. The van der Waals surface area contributed by atoms with Gasteiger partial charge < -0.3 is 15.7 Å². The largest absolute Gasteiger partial charge is 0.395 e. The molecule has 0 spiro atoms. The van der Waals surface area contributed by atoms with Crippen LogP contribution in [-0.4, -0.2) is 42.8 Å². The van der Waals surface area contributed by atoms with Crippen LogP contribution in [0.5, 0.6) is 0 Å². The van der Waals surface area contributed by atoms with Crippen molar-refractivity contribution in [1.29, 1.82) is 0 Å². The molecular formula is C12H26N2O. The summed E-state index contributed by atoms with van der Waals surface area (Å²) >= 11 is 0. The molecule has 3 N–H and O–H groups in total. The monoisotopic (exact) mass is 214 g/mol. The summed E-state index contributed by atoms with van der Waals surface area (Å²) in [6.45, 7) is 6.63. The average Bonchev–Trinajstić information content (AvgIpc) is 2.11. The van der Waals surface area contributed by atoms with Crippen LogP contribution >= 0.6 is 0 Å². The molecule has 0 aromatic heterocycles. The summed E-state index contributed by atoms with van der Waals surface area (Å²) in [5.41, 5.74) is 6.22. The quantitative estimate of drug-likeness (QED) is 0.731. The summed E-state index contributed by atoms with van der Waals surface area (Å²) in [6, 6.07) is 0.338. The van der Waals surface area contributed by atoms with Gasteiger partial charge in [-0.05, 0) is 37.6 Å². The van der Waals surface area contributed by atoms with Crippen LogP contribution in [0.1, 0.15) is 26.7 Å². The van der Waals surface area contributed by atoms with Gasteiger partial charge in [-0.25, -0.2) is 0 Å². The van der Waals surface area contributed by atoms with Gasteiger partial charge in [-0.3, -0.25) is 0 Å². The van der Waals surface area contributed by atoms with Crippen molar-refractivity contribution in [2.45, 2.75) is 32.7 Å². The second kappa shape index (κ2) is 5.83. The van der Waals surface area contributed by atoms with E-state index in [1.54, 1.807) is 0 Å². The van der Waals surface area contributed by atoms with Gasteiger partial charge in [0.05, 0.1) is 6.61 Å². The zero-order chi connectivity index (χ0) is 11.4. The Hall–Kier alpha value is -0.120. The minimum atomic E-state index is 0.239. The Balaban J connectivity index is 2.45. The lowest BCUT2D eigenvalue weighted by molar-refractivity contribution is 0.119. The third kappa shape index (κ3) is 3.74. The molecule has 4 unspecified atom stereocenters. The Morgan fingerprint density at radius 3 is 2.53 bits per heavy atom. The molecule has 3 nitrogen and oxygen atoms in total. The molecule has 0 amide bonds. The smallest absolute Gasteiger partial charge is 0.0558 e. The van der Waals surface area contributed by atoms with E-state index in [0.29, 0.717) is 17.9 Å². The van der Waals surface area contributed by atoms with E-state index < -0.39 is 0 Å². The topological polar surface area (TPSA) is 49.5 Å². The molecule has 0 aromatic carbocycles. The van der Waals surface area contributed by atoms with Crippen LogP contribution in [0.15, 0.2) is 0 Å². The van der Waals surface area contributed by atoms with E-state index >= 15 is 0 Å². The number of rotatable bonds is 4. The lowest BCUT2D eigenvalue weighted by atomic mass is 9.72. The van der Waals surface area contributed by atoms with Crippen LogP contribution in [0.2, 0.25) is 0 Å². The number of hydrogen-bond donors (Lipinski definition) is 2. The second-order valence-corrected chi connectivity index (χ2v) is 5.37. The Morgan fingerprint density at radius 2 is 2.00 bits per heavy atom. The molecule has 0 aromatic rings. The van der Waals surface area contributed by atoms with Crippen molar-refractivity contribution in [3.05, 3.63) is 0 Å². The molecule has 90 valence electrons. The highest BCUT2D eigenvalue weighted by Crippen LogP contribution is 2.32. The van der Waals surface area contributed by atoms with Crippen LogP contribution in [0.25, 0.3) is 0 Å². The molecule has 1 fully saturated rings. The summed E-state index contributed by atoms with van der Waals surface area (Å²) in [4.78, 5) is 2.19. The zero-order valence-electron chi connectivity index (χ0n) is 10.3. The summed E-state index contributed by atoms with van der Waals surface area (Å²) < 4.78 is 0.